The normalized spacial score (nSPS) is 11.4. The molecule has 0 aromatic heterocycles. The molecule has 0 radical (unpaired) electrons. The lowest BCUT2D eigenvalue weighted by Gasteiger charge is -2.06. The third-order valence-electron chi connectivity index (χ3n) is 2.24. The summed E-state index contributed by atoms with van der Waals surface area (Å²) in [5.74, 6) is -1.81. The molecule has 0 atom stereocenters. The molecular formula is C11H14FNO4S. The van der Waals surface area contributed by atoms with E-state index < -0.39 is 21.8 Å². The number of rotatable bonds is 7. The standard InChI is InChI=1S/C11H14FNO4S/c12-10-5-2-1-4-9(10)8-13-18(16,17)7-3-6-11(14)15/h1-2,4-5,13H,3,6-8H2,(H,14,15). The zero-order chi connectivity index (χ0) is 13.6. The van der Waals surface area contributed by atoms with E-state index in [9.17, 15) is 17.6 Å². The lowest BCUT2D eigenvalue weighted by atomic mass is 10.2. The molecule has 5 nitrogen and oxygen atoms in total. The van der Waals surface area contributed by atoms with Crippen molar-refractivity contribution in [3.63, 3.8) is 0 Å². The first-order valence-corrected chi connectivity index (χ1v) is 6.98. The summed E-state index contributed by atoms with van der Waals surface area (Å²) in [7, 11) is -3.57. The van der Waals surface area contributed by atoms with Gasteiger partial charge in [0, 0.05) is 18.5 Å². The van der Waals surface area contributed by atoms with Gasteiger partial charge in [0.15, 0.2) is 0 Å². The van der Waals surface area contributed by atoms with Crippen molar-refractivity contribution in [1.29, 1.82) is 0 Å². The molecule has 18 heavy (non-hydrogen) atoms. The van der Waals surface area contributed by atoms with E-state index in [1.165, 1.54) is 18.2 Å². The number of carboxylic acid groups (broad SMARTS) is 1. The highest BCUT2D eigenvalue weighted by Gasteiger charge is 2.12. The van der Waals surface area contributed by atoms with Crippen LogP contribution in [0, 0.1) is 5.82 Å². The zero-order valence-electron chi connectivity index (χ0n) is 9.60. The van der Waals surface area contributed by atoms with Crippen molar-refractivity contribution >= 4 is 16.0 Å². The molecule has 1 aromatic carbocycles. The Morgan fingerprint density at radius 3 is 2.61 bits per heavy atom. The second kappa shape index (κ2) is 6.46. The summed E-state index contributed by atoms with van der Waals surface area (Å²) >= 11 is 0. The minimum Gasteiger partial charge on any atom is -0.481 e. The highest BCUT2D eigenvalue weighted by molar-refractivity contribution is 7.89. The van der Waals surface area contributed by atoms with Gasteiger partial charge in [0.2, 0.25) is 10.0 Å². The van der Waals surface area contributed by atoms with Crippen LogP contribution in [0.5, 0.6) is 0 Å². The van der Waals surface area contributed by atoms with Gasteiger partial charge in [-0.3, -0.25) is 4.79 Å². The summed E-state index contributed by atoms with van der Waals surface area (Å²) in [6, 6.07) is 5.85. The van der Waals surface area contributed by atoms with Crippen LogP contribution < -0.4 is 4.72 Å². The van der Waals surface area contributed by atoms with Crippen LogP contribution in [0.4, 0.5) is 4.39 Å². The van der Waals surface area contributed by atoms with Gasteiger partial charge in [-0.05, 0) is 12.5 Å². The molecule has 0 spiro atoms. The van der Waals surface area contributed by atoms with Crippen molar-refractivity contribution in [3.05, 3.63) is 35.6 Å². The van der Waals surface area contributed by atoms with Crippen LogP contribution in [0.25, 0.3) is 0 Å². The van der Waals surface area contributed by atoms with Gasteiger partial charge >= 0.3 is 5.97 Å². The van der Waals surface area contributed by atoms with Crippen molar-refractivity contribution in [2.45, 2.75) is 19.4 Å². The molecule has 100 valence electrons. The largest absolute Gasteiger partial charge is 0.481 e. The van der Waals surface area contributed by atoms with Gasteiger partial charge in [-0.2, -0.15) is 0 Å². The molecule has 0 saturated heterocycles. The summed E-state index contributed by atoms with van der Waals surface area (Å²) in [4.78, 5) is 10.2. The van der Waals surface area contributed by atoms with Crippen LogP contribution in [-0.4, -0.2) is 25.2 Å². The quantitative estimate of drug-likeness (QED) is 0.780. The summed E-state index contributed by atoms with van der Waals surface area (Å²) < 4.78 is 38.4. The first-order valence-electron chi connectivity index (χ1n) is 5.33. The first-order chi connectivity index (χ1) is 8.41. The molecule has 0 saturated carbocycles. The number of carboxylic acids is 1. The molecule has 0 unspecified atom stereocenters. The van der Waals surface area contributed by atoms with Crippen LogP contribution >= 0.6 is 0 Å². The first kappa shape index (κ1) is 14.6. The van der Waals surface area contributed by atoms with Gasteiger partial charge in [-0.15, -0.1) is 0 Å². The van der Waals surface area contributed by atoms with E-state index in [-0.39, 0.29) is 30.7 Å². The smallest absolute Gasteiger partial charge is 0.303 e. The van der Waals surface area contributed by atoms with E-state index in [1.54, 1.807) is 6.07 Å². The lowest BCUT2D eigenvalue weighted by molar-refractivity contribution is -0.137. The van der Waals surface area contributed by atoms with Crippen LogP contribution in [-0.2, 0) is 21.4 Å². The topological polar surface area (TPSA) is 83.5 Å². The van der Waals surface area contributed by atoms with Crippen LogP contribution in [0.2, 0.25) is 0 Å². The average molecular weight is 275 g/mol. The van der Waals surface area contributed by atoms with E-state index in [2.05, 4.69) is 4.72 Å². The Hall–Kier alpha value is -1.47. The third kappa shape index (κ3) is 5.24. The van der Waals surface area contributed by atoms with Gasteiger partial charge in [0.05, 0.1) is 5.75 Å². The number of hydrogen-bond acceptors (Lipinski definition) is 3. The Bertz CT molecular complexity index is 516. The Morgan fingerprint density at radius 1 is 1.33 bits per heavy atom. The van der Waals surface area contributed by atoms with E-state index in [0.29, 0.717) is 0 Å². The molecule has 1 aromatic rings. The molecule has 7 heteroatoms. The van der Waals surface area contributed by atoms with Gasteiger partial charge in [-0.25, -0.2) is 17.5 Å². The fourth-order valence-electron chi connectivity index (χ4n) is 1.32. The van der Waals surface area contributed by atoms with Crippen molar-refractivity contribution < 1.29 is 22.7 Å². The molecule has 0 heterocycles. The monoisotopic (exact) mass is 275 g/mol. The molecule has 0 aliphatic rings. The summed E-state index contributed by atoms with van der Waals surface area (Å²) in [6.45, 7) is -0.137. The highest BCUT2D eigenvalue weighted by atomic mass is 32.2. The predicted octanol–water partition coefficient (Wildman–Crippen LogP) is 1.11. The molecule has 2 N–H and O–H groups in total. The van der Waals surface area contributed by atoms with Gasteiger partial charge < -0.3 is 5.11 Å². The molecule has 0 fully saturated rings. The molecular weight excluding hydrogens is 261 g/mol. The average Bonchev–Trinajstić information content (AvgIpc) is 2.27. The lowest BCUT2D eigenvalue weighted by Crippen LogP contribution is -2.26. The van der Waals surface area contributed by atoms with Gasteiger partial charge in [0.1, 0.15) is 5.82 Å². The third-order valence-corrected chi connectivity index (χ3v) is 3.65. The fraction of sp³-hybridized carbons (Fsp3) is 0.364. The number of halogens is 1. The van der Waals surface area contributed by atoms with Crippen molar-refractivity contribution in [2.75, 3.05) is 5.75 Å². The fourth-order valence-corrected chi connectivity index (χ4v) is 2.36. The van der Waals surface area contributed by atoms with E-state index in [1.807, 2.05) is 0 Å². The summed E-state index contributed by atoms with van der Waals surface area (Å²) in [5, 5.41) is 8.39. The molecule has 0 bridgehead atoms. The van der Waals surface area contributed by atoms with Gasteiger partial charge in [-0.1, -0.05) is 18.2 Å². The maximum atomic E-state index is 13.2. The minimum atomic E-state index is -3.57. The molecule has 0 aliphatic heterocycles. The number of carbonyl (C=O) groups is 1. The summed E-state index contributed by atoms with van der Waals surface area (Å²) in [5.41, 5.74) is 0.249. The Morgan fingerprint density at radius 2 is 2.00 bits per heavy atom. The number of aliphatic carboxylic acids is 1. The number of benzene rings is 1. The van der Waals surface area contributed by atoms with E-state index >= 15 is 0 Å². The maximum absolute atomic E-state index is 13.2. The van der Waals surface area contributed by atoms with Crippen molar-refractivity contribution in [3.8, 4) is 0 Å². The maximum Gasteiger partial charge on any atom is 0.303 e. The van der Waals surface area contributed by atoms with Gasteiger partial charge in [0.25, 0.3) is 0 Å². The molecule has 0 amide bonds. The van der Waals surface area contributed by atoms with Crippen molar-refractivity contribution in [2.24, 2.45) is 0 Å². The highest BCUT2D eigenvalue weighted by Crippen LogP contribution is 2.06. The van der Waals surface area contributed by atoms with E-state index in [4.69, 9.17) is 5.11 Å². The van der Waals surface area contributed by atoms with E-state index in [0.717, 1.165) is 0 Å². The zero-order valence-corrected chi connectivity index (χ0v) is 10.4. The summed E-state index contributed by atoms with van der Waals surface area (Å²) in [6.07, 6.45) is -0.178. The number of hydrogen-bond donors (Lipinski definition) is 2. The minimum absolute atomic E-state index is 0.0297. The van der Waals surface area contributed by atoms with Crippen LogP contribution in [0.15, 0.2) is 24.3 Å². The second-order valence-electron chi connectivity index (χ2n) is 3.73. The van der Waals surface area contributed by atoms with Crippen LogP contribution in [0.3, 0.4) is 0 Å². The SMILES string of the molecule is O=C(O)CCCS(=O)(=O)NCc1ccccc1F. The number of sulfonamides is 1. The Labute approximate surface area is 105 Å². The van der Waals surface area contributed by atoms with Crippen LogP contribution in [0.1, 0.15) is 18.4 Å². The van der Waals surface area contributed by atoms with Crippen molar-refractivity contribution in [1.82, 2.24) is 4.72 Å². The predicted molar refractivity (Wildman–Crippen MR) is 63.9 cm³/mol. The Kier molecular flexibility index (Phi) is 5.24. The second-order valence-corrected chi connectivity index (χ2v) is 5.66. The number of nitrogens with one attached hydrogen (secondary N) is 1. The molecule has 1 rings (SSSR count). The Balaban J connectivity index is 2.47. The molecule has 0 aliphatic carbocycles.